The molecular formula is C60H100O6. The van der Waals surface area contributed by atoms with Crippen LogP contribution in [0, 0.1) is 0 Å². The number of rotatable bonds is 48. The van der Waals surface area contributed by atoms with Crippen molar-refractivity contribution in [3.63, 3.8) is 0 Å². The molecule has 6 nitrogen and oxygen atoms in total. The Morgan fingerprint density at radius 2 is 0.561 bits per heavy atom. The van der Waals surface area contributed by atoms with Crippen molar-refractivity contribution < 1.29 is 28.6 Å². The molecule has 0 aromatic carbocycles. The lowest BCUT2D eigenvalue weighted by molar-refractivity contribution is -0.167. The number of esters is 3. The van der Waals surface area contributed by atoms with Gasteiger partial charge in [-0.3, -0.25) is 14.4 Å². The maximum Gasteiger partial charge on any atom is 0.306 e. The highest BCUT2D eigenvalue weighted by molar-refractivity contribution is 5.71. The van der Waals surface area contributed by atoms with E-state index in [0.29, 0.717) is 12.8 Å². The third-order valence-corrected chi connectivity index (χ3v) is 11.3. The Kier molecular flexibility index (Phi) is 50.9. The van der Waals surface area contributed by atoms with E-state index >= 15 is 0 Å². The first kappa shape index (κ1) is 62.3. The Bertz CT molecular complexity index is 1330. The zero-order valence-corrected chi connectivity index (χ0v) is 42.9. The smallest absolute Gasteiger partial charge is 0.306 e. The third kappa shape index (κ3) is 51.3. The van der Waals surface area contributed by atoms with Crippen molar-refractivity contribution in [1.29, 1.82) is 0 Å². The summed E-state index contributed by atoms with van der Waals surface area (Å²) in [7, 11) is 0. The molecular weight excluding hydrogens is 817 g/mol. The van der Waals surface area contributed by atoms with Crippen molar-refractivity contribution in [2.24, 2.45) is 0 Å². The van der Waals surface area contributed by atoms with Gasteiger partial charge in [-0.25, -0.2) is 0 Å². The van der Waals surface area contributed by atoms with Crippen LogP contribution >= 0.6 is 0 Å². The van der Waals surface area contributed by atoms with E-state index in [2.05, 4.69) is 118 Å². The molecule has 0 aromatic heterocycles. The van der Waals surface area contributed by atoms with Crippen molar-refractivity contribution in [2.45, 2.75) is 252 Å². The van der Waals surface area contributed by atoms with Crippen LogP contribution < -0.4 is 0 Å². The molecule has 0 rings (SSSR count). The van der Waals surface area contributed by atoms with Gasteiger partial charge in [0, 0.05) is 19.3 Å². The van der Waals surface area contributed by atoms with E-state index in [9.17, 15) is 14.4 Å². The summed E-state index contributed by atoms with van der Waals surface area (Å²) in [5.74, 6) is -0.998. The molecule has 0 radical (unpaired) electrons. The van der Waals surface area contributed by atoms with Crippen LogP contribution in [-0.4, -0.2) is 37.2 Å². The zero-order chi connectivity index (χ0) is 47.9. The molecule has 66 heavy (non-hydrogen) atoms. The monoisotopic (exact) mass is 917 g/mol. The molecule has 6 heteroatoms. The molecule has 1 atom stereocenters. The molecule has 0 saturated heterocycles. The Labute approximate surface area is 407 Å². The van der Waals surface area contributed by atoms with E-state index in [0.717, 1.165) is 103 Å². The fourth-order valence-electron chi connectivity index (χ4n) is 7.14. The second kappa shape index (κ2) is 53.9. The molecule has 0 saturated carbocycles. The molecule has 0 aromatic rings. The van der Waals surface area contributed by atoms with Gasteiger partial charge in [0.05, 0.1) is 0 Å². The van der Waals surface area contributed by atoms with Crippen molar-refractivity contribution in [1.82, 2.24) is 0 Å². The van der Waals surface area contributed by atoms with Crippen LogP contribution in [0.2, 0.25) is 0 Å². The van der Waals surface area contributed by atoms with Gasteiger partial charge < -0.3 is 14.2 Å². The largest absolute Gasteiger partial charge is 0.462 e. The van der Waals surface area contributed by atoms with Crippen LogP contribution in [-0.2, 0) is 28.6 Å². The van der Waals surface area contributed by atoms with E-state index in [1.165, 1.54) is 96.3 Å². The molecule has 0 N–H and O–H groups in total. The minimum absolute atomic E-state index is 0.109. The van der Waals surface area contributed by atoms with Gasteiger partial charge in [-0.15, -0.1) is 0 Å². The Balaban J connectivity index is 4.54. The predicted octanol–water partition coefficient (Wildman–Crippen LogP) is 18.1. The summed E-state index contributed by atoms with van der Waals surface area (Å²) in [6.07, 6.45) is 71.0. The number of ether oxygens (including phenoxy) is 3. The topological polar surface area (TPSA) is 78.9 Å². The summed E-state index contributed by atoms with van der Waals surface area (Å²) in [6.45, 7) is 6.50. The van der Waals surface area contributed by atoms with Gasteiger partial charge >= 0.3 is 17.9 Å². The first-order chi connectivity index (χ1) is 32.5. The first-order valence-corrected chi connectivity index (χ1v) is 27.2. The second-order valence-electron chi connectivity index (χ2n) is 17.8. The van der Waals surface area contributed by atoms with Gasteiger partial charge in [0.2, 0.25) is 0 Å². The van der Waals surface area contributed by atoms with Gasteiger partial charge in [-0.1, -0.05) is 201 Å². The van der Waals surface area contributed by atoms with Crippen LogP contribution in [0.15, 0.2) is 97.2 Å². The standard InChI is InChI=1S/C60H100O6/c1-4-7-10-13-16-19-22-25-28-30-32-35-38-41-44-47-50-53-59(62)65-56-57(55-64-58(61)52-49-46-43-40-37-34-27-24-21-18-15-12-9-6-3)66-60(63)54-51-48-45-42-39-36-33-31-29-26-23-20-17-14-11-8-5-2/h16-17,19-20,24-29,32-33,35-36,41,44,57H,4-15,18,21-23,30-31,34,37-40,42-43,45-56H2,1-3H3/b19-16+,20-17+,27-24+,28-25+,29-26+,35-32+,36-33+,44-41+/t57-/m1/s1. The molecule has 0 amide bonds. The van der Waals surface area contributed by atoms with E-state index in [1.807, 2.05) is 0 Å². The summed E-state index contributed by atoms with van der Waals surface area (Å²) >= 11 is 0. The molecule has 0 spiro atoms. The Hall–Kier alpha value is -3.67. The van der Waals surface area contributed by atoms with E-state index in [4.69, 9.17) is 14.2 Å². The third-order valence-electron chi connectivity index (χ3n) is 11.3. The average Bonchev–Trinajstić information content (AvgIpc) is 3.31. The lowest BCUT2D eigenvalue weighted by Crippen LogP contribution is -2.30. The Morgan fingerprint density at radius 1 is 0.303 bits per heavy atom. The minimum atomic E-state index is -0.815. The minimum Gasteiger partial charge on any atom is -0.462 e. The molecule has 376 valence electrons. The van der Waals surface area contributed by atoms with Gasteiger partial charge in [-0.05, 0) is 122 Å². The van der Waals surface area contributed by atoms with Crippen LogP contribution in [0.5, 0.6) is 0 Å². The van der Waals surface area contributed by atoms with E-state index in [-0.39, 0.29) is 44.0 Å². The summed E-state index contributed by atoms with van der Waals surface area (Å²) in [5, 5.41) is 0. The molecule has 0 aliphatic carbocycles. The Morgan fingerprint density at radius 3 is 0.955 bits per heavy atom. The van der Waals surface area contributed by atoms with E-state index < -0.39 is 6.10 Å². The van der Waals surface area contributed by atoms with Gasteiger partial charge in [0.25, 0.3) is 0 Å². The second-order valence-corrected chi connectivity index (χ2v) is 17.8. The number of carbonyl (C=O) groups excluding carboxylic acids is 3. The summed E-state index contributed by atoms with van der Waals surface area (Å²) in [5.41, 5.74) is 0. The highest BCUT2D eigenvalue weighted by Crippen LogP contribution is 2.13. The van der Waals surface area contributed by atoms with Gasteiger partial charge in [0.15, 0.2) is 6.10 Å². The van der Waals surface area contributed by atoms with Crippen LogP contribution in [0.25, 0.3) is 0 Å². The molecule has 0 heterocycles. The molecule has 0 aliphatic rings. The van der Waals surface area contributed by atoms with Crippen molar-refractivity contribution in [3.05, 3.63) is 97.2 Å². The van der Waals surface area contributed by atoms with Gasteiger partial charge in [-0.2, -0.15) is 0 Å². The predicted molar refractivity (Wildman–Crippen MR) is 284 cm³/mol. The summed E-state index contributed by atoms with van der Waals surface area (Å²) in [6, 6.07) is 0. The molecule has 0 fully saturated rings. The number of allylic oxidation sites excluding steroid dienone is 16. The molecule has 0 unspecified atom stereocenters. The maximum absolute atomic E-state index is 12.8. The fourth-order valence-corrected chi connectivity index (χ4v) is 7.14. The van der Waals surface area contributed by atoms with Crippen molar-refractivity contribution in [3.8, 4) is 0 Å². The average molecular weight is 917 g/mol. The highest BCUT2D eigenvalue weighted by Gasteiger charge is 2.19. The lowest BCUT2D eigenvalue weighted by atomic mass is 10.1. The van der Waals surface area contributed by atoms with Crippen LogP contribution in [0.3, 0.4) is 0 Å². The number of carbonyl (C=O) groups is 3. The normalized spacial score (nSPS) is 12.8. The van der Waals surface area contributed by atoms with Crippen molar-refractivity contribution >= 4 is 17.9 Å². The molecule has 0 aliphatic heterocycles. The quantitative estimate of drug-likeness (QED) is 0.0262. The van der Waals surface area contributed by atoms with Crippen LogP contribution in [0.1, 0.15) is 245 Å². The summed E-state index contributed by atoms with van der Waals surface area (Å²) < 4.78 is 16.8. The van der Waals surface area contributed by atoms with Crippen molar-refractivity contribution in [2.75, 3.05) is 13.2 Å². The van der Waals surface area contributed by atoms with Gasteiger partial charge in [0.1, 0.15) is 13.2 Å². The first-order valence-electron chi connectivity index (χ1n) is 27.2. The molecule has 0 bridgehead atoms. The number of hydrogen-bond donors (Lipinski definition) is 0. The van der Waals surface area contributed by atoms with E-state index in [1.54, 1.807) is 0 Å². The maximum atomic E-state index is 12.8. The highest BCUT2D eigenvalue weighted by atomic mass is 16.6. The fraction of sp³-hybridized carbons (Fsp3) is 0.683. The lowest BCUT2D eigenvalue weighted by Gasteiger charge is -2.18. The van der Waals surface area contributed by atoms with Crippen LogP contribution in [0.4, 0.5) is 0 Å². The number of hydrogen-bond acceptors (Lipinski definition) is 6. The summed E-state index contributed by atoms with van der Waals surface area (Å²) in [4.78, 5) is 38.0. The SMILES string of the molecule is CCCCC/C=C/C/C=C/C/C=C/C/C=C/CCCC(=O)OC[C@@H](COC(=O)CCCCCCC/C=C/CCCCCCC)OC(=O)CCCCCC/C=C/C/C=C/C/C=C/CCCCC. The number of unbranched alkanes of at least 4 members (excludes halogenated alkanes) is 21. The zero-order valence-electron chi connectivity index (χ0n) is 42.9.